The van der Waals surface area contributed by atoms with Crippen molar-refractivity contribution in [2.45, 2.75) is 19.9 Å². The van der Waals surface area contributed by atoms with E-state index in [1.54, 1.807) is 23.1 Å². The number of pyridine rings is 1. The molecule has 0 aliphatic carbocycles. The molecule has 106 valence electrons. The number of carbonyl (C=O) groups is 1. The molecule has 0 spiro atoms. The Labute approximate surface area is 122 Å². The number of nitrogens with zero attached hydrogens (tertiary/aromatic N) is 3. The van der Waals surface area contributed by atoms with Gasteiger partial charge in [-0.15, -0.1) is 0 Å². The summed E-state index contributed by atoms with van der Waals surface area (Å²) >= 11 is 0. The molecule has 0 unspecified atom stereocenters. The first kappa shape index (κ1) is 13.3. The monoisotopic (exact) mass is 280 g/mol. The summed E-state index contributed by atoms with van der Waals surface area (Å²) in [5.41, 5.74) is 0.421. The molecule has 5 heteroatoms. The number of nitrogens with one attached hydrogen (secondary N) is 1. The van der Waals surface area contributed by atoms with E-state index < -0.39 is 0 Å². The smallest absolute Gasteiger partial charge is 0.276 e. The summed E-state index contributed by atoms with van der Waals surface area (Å²) in [4.78, 5) is 16.7. The summed E-state index contributed by atoms with van der Waals surface area (Å²) in [5.74, 6) is 0.443. The van der Waals surface area contributed by atoms with Gasteiger partial charge in [-0.25, -0.2) is 4.68 Å². The first-order chi connectivity index (χ1) is 10.2. The molecule has 3 aromatic rings. The molecule has 5 nitrogen and oxygen atoms in total. The van der Waals surface area contributed by atoms with Gasteiger partial charge < -0.3 is 5.32 Å². The highest BCUT2D eigenvalue weighted by Gasteiger charge is 2.14. The quantitative estimate of drug-likeness (QED) is 0.801. The topological polar surface area (TPSA) is 59.8 Å². The van der Waals surface area contributed by atoms with Crippen molar-refractivity contribution in [1.29, 1.82) is 0 Å². The van der Waals surface area contributed by atoms with E-state index in [0.717, 1.165) is 10.8 Å². The van der Waals surface area contributed by atoms with E-state index in [-0.39, 0.29) is 11.9 Å². The van der Waals surface area contributed by atoms with E-state index in [9.17, 15) is 4.79 Å². The summed E-state index contributed by atoms with van der Waals surface area (Å²) in [6.45, 7) is 4.03. The van der Waals surface area contributed by atoms with Gasteiger partial charge in [0.05, 0.1) is 6.20 Å². The maximum atomic E-state index is 12.5. The number of hydrogen-bond acceptors (Lipinski definition) is 3. The van der Waals surface area contributed by atoms with Gasteiger partial charge >= 0.3 is 0 Å². The maximum absolute atomic E-state index is 12.5. The van der Waals surface area contributed by atoms with Crippen LogP contribution in [0.1, 0.15) is 30.4 Å². The summed E-state index contributed by atoms with van der Waals surface area (Å²) in [5, 5.41) is 8.92. The lowest BCUT2D eigenvalue weighted by Crippen LogP contribution is -2.18. The Hall–Kier alpha value is -2.69. The summed E-state index contributed by atoms with van der Waals surface area (Å²) in [7, 11) is 0. The van der Waals surface area contributed by atoms with Crippen molar-refractivity contribution >= 4 is 22.5 Å². The third-order valence-corrected chi connectivity index (χ3v) is 3.29. The highest BCUT2D eigenvalue weighted by molar-refractivity contribution is 6.11. The molecule has 0 bridgehead atoms. The maximum Gasteiger partial charge on any atom is 0.276 e. The molecular formula is C16H16N4O. The lowest BCUT2D eigenvalue weighted by Gasteiger charge is -2.12. The molecule has 0 atom stereocenters. The number of amides is 1. The van der Waals surface area contributed by atoms with E-state index in [4.69, 9.17) is 0 Å². The third kappa shape index (κ3) is 2.50. The predicted molar refractivity (Wildman–Crippen MR) is 82.3 cm³/mol. The number of anilines is 1. The van der Waals surface area contributed by atoms with Gasteiger partial charge in [0.25, 0.3) is 5.91 Å². The standard InChI is InChI=1S/C16H16N4O/c1-11(2)20-14(8-10-18-20)19-16(21)15-13-6-4-3-5-12(13)7-9-17-15/h3-11H,1-2H3,(H,19,21). The Morgan fingerprint density at radius 3 is 2.76 bits per heavy atom. The van der Waals surface area contributed by atoms with E-state index in [2.05, 4.69) is 15.4 Å². The molecule has 21 heavy (non-hydrogen) atoms. The van der Waals surface area contributed by atoms with Crippen LogP contribution < -0.4 is 5.32 Å². The first-order valence-electron chi connectivity index (χ1n) is 6.85. The number of hydrogen-bond donors (Lipinski definition) is 1. The molecular weight excluding hydrogens is 264 g/mol. The van der Waals surface area contributed by atoms with Crippen LogP contribution in [-0.4, -0.2) is 20.7 Å². The Morgan fingerprint density at radius 2 is 1.95 bits per heavy atom. The molecule has 1 amide bonds. The Morgan fingerprint density at radius 1 is 1.14 bits per heavy atom. The van der Waals surface area contributed by atoms with E-state index >= 15 is 0 Å². The molecule has 2 heterocycles. The zero-order valence-electron chi connectivity index (χ0n) is 11.9. The van der Waals surface area contributed by atoms with Gasteiger partial charge in [-0.2, -0.15) is 5.10 Å². The largest absolute Gasteiger partial charge is 0.305 e. The molecule has 0 saturated carbocycles. The van der Waals surface area contributed by atoms with Crippen LogP contribution >= 0.6 is 0 Å². The molecule has 0 radical (unpaired) electrons. The van der Waals surface area contributed by atoms with Gasteiger partial charge in [-0.3, -0.25) is 9.78 Å². The fourth-order valence-electron chi connectivity index (χ4n) is 2.30. The molecule has 2 aromatic heterocycles. The van der Waals surface area contributed by atoms with Crippen molar-refractivity contribution in [1.82, 2.24) is 14.8 Å². The minimum Gasteiger partial charge on any atom is -0.305 e. The number of carbonyl (C=O) groups excluding carboxylic acids is 1. The average molecular weight is 280 g/mol. The summed E-state index contributed by atoms with van der Waals surface area (Å²) < 4.78 is 1.77. The molecule has 1 aromatic carbocycles. The van der Waals surface area contributed by atoms with Crippen LogP contribution in [0.25, 0.3) is 10.8 Å². The molecule has 0 saturated heterocycles. The normalized spacial score (nSPS) is 11.0. The molecule has 1 N–H and O–H groups in total. The van der Waals surface area contributed by atoms with Gasteiger partial charge in [0.1, 0.15) is 11.5 Å². The fraction of sp³-hybridized carbons (Fsp3) is 0.188. The van der Waals surface area contributed by atoms with Crippen LogP contribution in [0.15, 0.2) is 48.8 Å². The van der Waals surface area contributed by atoms with Crippen LogP contribution in [0.4, 0.5) is 5.82 Å². The number of aromatic nitrogens is 3. The van der Waals surface area contributed by atoms with Crippen LogP contribution in [0.5, 0.6) is 0 Å². The average Bonchev–Trinajstić information content (AvgIpc) is 2.95. The highest BCUT2D eigenvalue weighted by atomic mass is 16.2. The van der Waals surface area contributed by atoms with Gasteiger partial charge in [0.15, 0.2) is 0 Å². The first-order valence-corrected chi connectivity index (χ1v) is 6.85. The van der Waals surface area contributed by atoms with Gasteiger partial charge in [0.2, 0.25) is 0 Å². The molecule has 3 rings (SSSR count). The number of benzene rings is 1. The van der Waals surface area contributed by atoms with Crippen molar-refractivity contribution < 1.29 is 4.79 Å². The second kappa shape index (κ2) is 5.36. The van der Waals surface area contributed by atoms with Crippen molar-refractivity contribution in [3.8, 4) is 0 Å². The zero-order chi connectivity index (χ0) is 14.8. The van der Waals surface area contributed by atoms with E-state index in [0.29, 0.717) is 11.5 Å². The lowest BCUT2D eigenvalue weighted by molar-refractivity contribution is 0.102. The van der Waals surface area contributed by atoms with Crippen LogP contribution in [-0.2, 0) is 0 Å². The minimum absolute atomic E-state index is 0.177. The summed E-state index contributed by atoms with van der Waals surface area (Å²) in [6.07, 6.45) is 3.32. The molecule has 0 aliphatic heterocycles. The number of rotatable bonds is 3. The minimum atomic E-state index is -0.228. The lowest BCUT2D eigenvalue weighted by atomic mass is 10.1. The highest BCUT2D eigenvalue weighted by Crippen LogP contribution is 2.19. The van der Waals surface area contributed by atoms with E-state index in [1.165, 1.54) is 0 Å². The fourth-order valence-corrected chi connectivity index (χ4v) is 2.30. The second-order valence-electron chi connectivity index (χ2n) is 5.09. The zero-order valence-corrected chi connectivity index (χ0v) is 11.9. The van der Waals surface area contributed by atoms with Crippen molar-refractivity contribution in [2.75, 3.05) is 5.32 Å². The Kier molecular flexibility index (Phi) is 3.39. The Balaban J connectivity index is 1.96. The predicted octanol–water partition coefficient (Wildman–Crippen LogP) is 3.26. The third-order valence-electron chi connectivity index (χ3n) is 3.29. The van der Waals surface area contributed by atoms with Crippen LogP contribution in [0, 0.1) is 0 Å². The summed E-state index contributed by atoms with van der Waals surface area (Å²) in [6, 6.07) is 11.6. The van der Waals surface area contributed by atoms with Crippen LogP contribution in [0.3, 0.4) is 0 Å². The second-order valence-corrected chi connectivity index (χ2v) is 5.09. The molecule has 0 aliphatic rings. The van der Waals surface area contributed by atoms with Gasteiger partial charge in [0, 0.05) is 23.7 Å². The van der Waals surface area contributed by atoms with E-state index in [1.807, 2.05) is 44.2 Å². The van der Waals surface area contributed by atoms with Crippen molar-refractivity contribution in [3.63, 3.8) is 0 Å². The van der Waals surface area contributed by atoms with Crippen LogP contribution in [0.2, 0.25) is 0 Å². The van der Waals surface area contributed by atoms with Crippen molar-refractivity contribution in [3.05, 3.63) is 54.5 Å². The SMILES string of the molecule is CC(C)n1nccc1NC(=O)c1nccc2ccccc12. The molecule has 0 fully saturated rings. The Bertz CT molecular complexity index is 786. The van der Waals surface area contributed by atoms with Gasteiger partial charge in [-0.05, 0) is 25.3 Å². The van der Waals surface area contributed by atoms with Crippen molar-refractivity contribution in [2.24, 2.45) is 0 Å². The van der Waals surface area contributed by atoms with Gasteiger partial charge in [-0.1, -0.05) is 24.3 Å². The number of fused-ring (bicyclic) bond motifs is 1.